The van der Waals surface area contributed by atoms with E-state index in [1.54, 1.807) is 0 Å². The van der Waals surface area contributed by atoms with Gasteiger partial charge in [-0.2, -0.15) is 65.5 Å². The number of halogens is 1. The minimum absolute atomic E-state index is 0.254. The highest BCUT2D eigenvalue weighted by Gasteiger charge is 2.29. The summed E-state index contributed by atoms with van der Waals surface area (Å²) in [5.74, 6) is -5.67. The molecule has 69 heavy (non-hydrogen) atoms. The van der Waals surface area contributed by atoms with Crippen LogP contribution in [-0.4, -0.2) is 124 Å². The van der Waals surface area contributed by atoms with Crippen molar-refractivity contribution in [3.8, 4) is 11.5 Å². The van der Waals surface area contributed by atoms with Gasteiger partial charge < -0.3 is 20.8 Å². The molecule has 1 heterocycles. The average molecular weight is 1120 g/mol. The summed E-state index contributed by atoms with van der Waals surface area (Å²) in [7, 11) is -36.7. The van der Waals surface area contributed by atoms with Crippen molar-refractivity contribution in [3.05, 3.63) is 65.9 Å². The van der Waals surface area contributed by atoms with Crippen LogP contribution >= 0.6 is 11.6 Å². The summed E-state index contributed by atoms with van der Waals surface area (Å²) in [6.07, 6.45) is 0. The number of sulfone groups is 1. The molecule has 6 rings (SSSR count). The van der Waals surface area contributed by atoms with Gasteiger partial charge in [-0.05, 0) is 59.5 Å². The van der Waals surface area contributed by atoms with Gasteiger partial charge in [-0.25, -0.2) is 12.6 Å². The Morgan fingerprint density at radius 2 is 1.14 bits per heavy atom. The molecule has 0 saturated heterocycles. The number of hydrogen-bond acceptors (Lipinski definition) is 24. The number of hydrogen-bond donors (Lipinski definition) is 10. The lowest BCUT2D eigenvalue weighted by molar-refractivity contribution is 0.284. The number of phenolic OH excluding ortho intramolecular Hbond substituents is 2. The van der Waals surface area contributed by atoms with Crippen molar-refractivity contribution in [2.75, 3.05) is 23.0 Å². The SMILES string of the molecule is O=S(=O)(O)OCCS(=O)(=O)c1cc(Nc2nc(Cl)nc(Nc3cc(S(=O)(=O)O)cc4cc(S(=O)(=O)O)c(/N=N/c5ccc6c(S(=O)(=O)O)cccc6c5S(=O)(=O)O)c(O)c34)n2)c(O)c(S(=O)(=O)O)c1. The molecule has 0 aliphatic carbocycles. The van der Waals surface area contributed by atoms with E-state index >= 15 is 0 Å². The molecule has 5 aromatic carbocycles. The van der Waals surface area contributed by atoms with Crippen LogP contribution in [0.25, 0.3) is 21.5 Å². The van der Waals surface area contributed by atoms with Crippen LogP contribution in [0.4, 0.5) is 34.6 Å². The first-order chi connectivity index (χ1) is 31.5. The highest BCUT2D eigenvalue weighted by atomic mass is 35.5. The van der Waals surface area contributed by atoms with Crippen LogP contribution in [-0.2, 0) is 75.0 Å². The Morgan fingerprint density at radius 1 is 0.565 bits per heavy atom. The number of rotatable bonds is 16. The lowest BCUT2D eigenvalue weighted by Gasteiger charge is -2.16. The fourth-order valence-corrected chi connectivity index (χ4v) is 11.2. The molecule has 0 fully saturated rings. The second-order valence-corrected chi connectivity index (χ2v) is 23.9. The lowest BCUT2D eigenvalue weighted by Crippen LogP contribution is -2.16. The van der Waals surface area contributed by atoms with E-state index in [2.05, 4.69) is 40.0 Å². The van der Waals surface area contributed by atoms with Crippen LogP contribution in [0.5, 0.6) is 11.5 Å². The molecule has 10 N–H and O–H groups in total. The minimum Gasteiger partial charge on any atom is -0.505 e. The van der Waals surface area contributed by atoms with Crippen LogP contribution in [0.3, 0.4) is 0 Å². The molecule has 0 unspecified atom stereocenters. The fraction of sp³-hybridized carbons (Fsp3) is 0.0645. The summed E-state index contributed by atoms with van der Waals surface area (Å²) < 4.78 is 234. The maximum absolute atomic E-state index is 13.0. The molecule has 370 valence electrons. The third kappa shape index (κ3) is 11.8. The van der Waals surface area contributed by atoms with E-state index in [9.17, 15) is 91.9 Å². The average Bonchev–Trinajstić information content (AvgIpc) is 3.17. The van der Waals surface area contributed by atoms with Gasteiger partial charge in [0.2, 0.25) is 17.2 Å². The molecule has 30 nitrogen and oxygen atoms in total. The quantitative estimate of drug-likeness (QED) is 0.0378. The fourth-order valence-electron chi connectivity index (χ4n) is 6.09. The number of aromatic hydroxyl groups is 2. The Bertz CT molecular complexity index is 4050. The Morgan fingerprint density at radius 3 is 1.70 bits per heavy atom. The Kier molecular flexibility index (Phi) is 13.8. The molecule has 0 atom stereocenters. The van der Waals surface area contributed by atoms with Gasteiger partial charge >= 0.3 is 10.4 Å². The third-order valence-corrected chi connectivity index (χ3v) is 15.5. The van der Waals surface area contributed by atoms with Crippen molar-refractivity contribution >= 4 is 139 Å². The molecule has 38 heteroatoms. The van der Waals surface area contributed by atoms with Crippen molar-refractivity contribution in [3.63, 3.8) is 0 Å². The highest BCUT2D eigenvalue weighted by molar-refractivity contribution is 7.91. The number of phenols is 2. The van der Waals surface area contributed by atoms with E-state index in [0.717, 1.165) is 30.3 Å². The molecule has 0 aliphatic heterocycles. The van der Waals surface area contributed by atoms with Crippen LogP contribution in [0.1, 0.15) is 0 Å². The number of azo groups is 1. The van der Waals surface area contributed by atoms with Gasteiger partial charge in [-0.1, -0.05) is 18.2 Å². The van der Waals surface area contributed by atoms with Crippen molar-refractivity contribution in [2.24, 2.45) is 10.2 Å². The van der Waals surface area contributed by atoms with Crippen LogP contribution in [0.2, 0.25) is 5.28 Å². The maximum Gasteiger partial charge on any atom is 0.397 e. The number of nitrogens with one attached hydrogen (secondary N) is 2. The van der Waals surface area contributed by atoms with Gasteiger partial charge in [0.15, 0.2) is 21.3 Å². The van der Waals surface area contributed by atoms with Crippen LogP contribution in [0, 0.1) is 0 Å². The molecule has 0 spiro atoms. The van der Waals surface area contributed by atoms with Gasteiger partial charge in [-0.15, -0.1) is 10.2 Å². The Balaban J connectivity index is 1.53. The zero-order valence-electron chi connectivity index (χ0n) is 32.9. The van der Waals surface area contributed by atoms with E-state index in [0.29, 0.717) is 24.3 Å². The van der Waals surface area contributed by atoms with Gasteiger partial charge in [0.05, 0.1) is 33.5 Å². The van der Waals surface area contributed by atoms with E-state index in [1.165, 1.54) is 0 Å². The largest absolute Gasteiger partial charge is 0.505 e. The molecule has 0 aliphatic rings. The van der Waals surface area contributed by atoms with E-state index < -0.39 is 186 Å². The standard InChI is InChI=1S/C31H24ClN7O23S7/c32-29-35-30(37-31(36-29)34-20-10-14(12-23(26(20)40)67(53,54)55)63(42,43)7-6-62-69(59,60)61)33-19-11-15(64(44,45)46)8-13-9-22(66(50,51)52)25(27(41)24(13)19)39-38-18-5-4-16-17(28(18)68(56,57)58)2-1-3-21(16)65(47,48)49/h1-5,8-12,40-41H,6-7H2,(H,44,45,46)(H,47,48,49)(H,50,51,52)(H,53,54,55)(H,56,57,58)(H,59,60,61)(H2,33,34,35,36,37)/b39-38+. The molecule has 1 aromatic heterocycles. The predicted octanol–water partition coefficient (Wildman–Crippen LogP) is 2.97. The smallest absolute Gasteiger partial charge is 0.397 e. The van der Waals surface area contributed by atoms with Gasteiger partial charge in [-0.3, -0.25) is 27.3 Å². The molecular formula is C31H24ClN7O23S7. The van der Waals surface area contributed by atoms with Crippen molar-refractivity contribution < 1.29 is 101 Å². The zero-order chi connectivity index (χ0) is 51.6. The number of nitrogens with zero attached hydrogens (tertiary/aromatic N) is 5. The number of aromatic nitrogens is 3. The van der Waals surface area contributed by atoms with Crippen molar-refractivity contribution in [2.45, 2.75) is 29.4 Å². The Labute approximate surface area is 392 Å². The van der Waals surface area contributed by atoms with Gasteiger partial charge in [0, 0.05) is 16.2 Å². The van der Waals surface area contributed by atoms with Crippen molar-refractivity contribution in [1.29, 1.82) is 0 Å². The molecule has 0 saturated carbocycles. The third-order valence-electron chi connectivity index (χ3n) is 8.81. The molecular weight excluding hydrogens is 1100 g/mol. The second kappa shape index (κ2) is 18.1. The number of benzene rings is 5. The van der Waals surface area contributed by atoms with Gasteiger partial charge in [0.1, 0.15) is 31.0 Å². The normalized spacial score (nSPS) is 13.3. The van der Waals surface area contributed by atoms with E-state index in [-0.39, 0.29) is 6.07 Å². The first-order valence-electron chi connectivity index (χ1n) is 17.3. The minimum atomic E-state index is -5.57. The second-order valence-electron chi connectivity index (χ2n) is 13.4. The topological polar surface area (TPSA) is 498 Å². The summed E-state index contributed by atoms with van der Waals surface area (Å²) in [5, 5.41) is 30.8. The van der Waals surface area contributed by atoms with Gasteiger partial charge in [0.25, 0.3) is 50.6 Å². The summed E-state index contributed by atoms with van der Waals surface area (Å²) in [4.78, 5) is 4.36. The lowest BCUT2D eigenvalue weighted by atomic mass is 10.1. The van der Waals surface area contributed by atoms with Crippen LogP contribution in [0.15, 0.2) is 100 Å². The first-order valence-corrected chi connectivity index (χ1v) is 27.9. The first kappa shape index (κ1) is 52.5. The molecule has 0 amide bonds. The highest BCUT2D eigenvalue weighted by Crippen LogP contribution is 2.47. The van der Waals surface area contributed by atoms with Crippen molar-refractivity contribution in [1.82, 2.24) is 15.0 Å². The van der Waals surface area contributed by atoms with Crippen LogP contribution < -0.4 is 10.6 Å². The summed E-state index contributed by atoms with van der Waals surface area (Å²) in [5.41, 5.74) is -3.79. The molecule has 0 radical (unpaired) electrons. The zero-order valence-corrected chi connectivity index (χ0v) is 39.3. The monoisotopic (exact) mass is 1120 g/mol. The molecule has 0 bridgehead atoms. The van der Waals surface area contributed by atoms with E-state index in [1.807, 2.05) is 0 Å². The summed E-state index contributed by atoms with van der Waals surface area (Å²) in [6.45, 7) is -1.21. The summed E-state index contributed by atoms with van der Waals surface area (Å²) >= 11 is 6.06. The Hall–Kier alpha value is -5.91. The van der Waals surface area contributed by atoms with E-state index in [4.69, 9.17) is 16.2 Å². The maximum atomic E-state index is 13.0. The predicted molar refractivity (Wildman–Crippen MR) is 232 cm³/mol. The number of fused-ring (bicyclic) bond motifs is 2. The number of anilines is 4. The molecule has 6 aromatic rings. The summed E-state index contributed by atoms with van der Waals surface area (Å²) in [6, 6.07) is 6.82.